The molecule has 2 heterocycles. The van der Waals surface area contributed by atoms with E-state index in [-0.39, 0.29) is 5.97 Å². The van der Waals surface area contributed by atoms with Crippen LogP contribution in [0.3, 0.4) is 0 Å². The van der Waals surface area contributed by atoms with Gasteiger partial charge in [0.1, 0.15) is 11.0 Å². The van der Waals surface area contributed by atoms with Gasteiger partial charge in [-0.25, -0.2) is 14.8 Å². The lowest BCUT2D eigenvalue weighted by Crippen LogP contribution is -2.35. The normalized spacial score (nSPS) is 14.3. The third kappa shape index (κ3) is 6.71. The molecule has 1 aliphatic heterocycles. The first-order valence-electron chi connectivity index (χ1n) is 11.3. The van der Waals surface area contributed by atoms with E-state index in [4.69, 9.17) is 21.3 Å². The second-order valence-corrected chi connectivity index (χ2v) is 9.49. The molecule has 1 saturated heterocycles. The number of carbonyl (C=O) groups excluding carboxylic acids is 1. The Bertz CT molecular complexity index is 1050. The molecule has 0 saturated carbocycles. The van der Waals surface area contributed by atoms with Gasteiger partial charge in [0.15, 0.2) is 5.16 Å². The molecule has 7 heteroatoms. The Morgan fingerprint density at radius 3 is 2.48 bits per heavy atom. The highest BCUT2D eigenvalue weighted by molar-refractivity contribution is 7.98. The van der Waals surface area contributed by atoms with Gasteiger partial charge in [-0.15, -0.1) is 0 Å². The van der Waals surface area contributed by atoms with Crippen molar-refractivity contribution in [1.82, 2.24) is 9.97 Å². The number of carbonyl (C=O) groups is 1. The molecule has 1 fully saturated rings. The topological polar surface area (TPSA) is 55.3 Å². The molecule has 0 N–H and O–H groups in total. The van der Waals surface area contributed by atoms with Gasteiger partial charge in [0.25, 0.3) is 0 Å². The SMILES string of the molecule is CCOC(=O)c1ccc(CSc2nc(Cl)cc(N3CCC(Cc4ccccc4)CC3)n2)cc1. The van der Waals surface area contributed by atoms with Gasteiger partial charge in [0.2, 0.25) is 0 Å². The predicted octanol–water partition coefficient (Wildman–Crippen LogP) is 6.06. The molecule has 0 unspecified atom stereocenters. The smallest absolute Gasteiger partial charge is 0.338 e. The van der Waals surface area contributed by atoms with E-state index >= 15 is 0 Å². The van der Waals surface area contributed by atoms with Gasteiger partial charge in [0.05, 0.1) is 12.2 Å². The van der Waals surface area contributed by atoms with E-state index in [9.17, 15) is 4.79 Å². The first-order chi connectivity index (χ1) is 16.1. The van der Waals surface area contributed by atoms with Crippen LogP contribution in [0.2, 0.25) is 5.15 Å². The molecule has 1 aromatic heterocycles. The maximum atomic E-state index is 11.8. The zero-order valence-corrected chi connectivity index (χ0v) is 20.3. The molecule has 0 amide bonds. The Morgan fingerprint density at radius 1 is 1.06 bits per heavy atom. The number of aromatic nitrogens is 2. The zero-order chi connectivity index (χ0) is 23.0. The van der Waals surface area contributed by atoms with Gasteiger partial charge in [-0.1, -0.05) is 65.8 Å². The Kier molecular flexibility index (Phi) is 8.24. The Balaban J connectivity index is 1.33. The van der Waals surface area contributed by atoms with Gasteiger partial charge in [-0.3, -0.25) is 0 Å². The number of hydrogen-bond donors (Lipinski definition) is 0. The monoisotopic (exact) mass is 481 g/mol. The average molecular weight is 482 g/mol. The van der Waals surface area contributed by atoms with Crippen LogP contribution in [-0.4, -0.2) is 35.6 Å². The van der Waals surface area contributed by atoms with E-state index in [0.717, 1.165) is 43.7 Å². The molecular formula is C26H28ClN3O2S. The summed E-state index contributed by atoms with van der Waals surface area (Å²) in [5, 5.41) is 1.13. The molecule has 0 radical (unpaired) electrons. The van der Waals surface area contributed by atoms with Gasteiger partial charge in [-0.2, -0.15) is 0 Å². The van der Waals surface area contributed by atoms with Gasteiger partial charge < -0.3 is 9.64 Å². The minimum atomic E-state index is -0.299. The number of piperidine rings is 1. The van der Waals surface area contributed by atoms with Crippen molar-refractivity contribution in [3.05, 3.63) is 82.5 Å². The number of rotatable bonds is 8. The number of halogens is 1. The third-order valence-corrected chi connectivity index (χ3v) is 6.91. The average Bonchev–Trinajstić information content (AvgIpc) is 2.84. The largest absolute Gasteiger partial charge is 0.462 e. The number of ether oxygens (including phenoxy) is 1. The highest BCUT2D eigenvalue weighted by Crippen LogP contribution is 2.28. The summed E-state index contributed by atoms with van der Waals surface area (Å²) < 4.78 is 5.03. The first-order valence-corrected chi connectivity index (χ1v) is 12.7. The Morgan fingerprint density at radius 2 is 1.79 bits per heavy atom. The lowest BCUT2D eigenvalue weighted by molar-refractivity contribution is 0.0526. The molecular weight excluding hydrogens is 454 g/mol. The van der Waals surface area contributed by atoms with Crippen molar-refractivity contribution in [3.8, 4) is 0 Å². The zero-order valence-electron chi connectivity index (χ0n) is 18.7. The van der Waals surface area contributed by atoms with Gasteiger partial charge in [0, 0.05) is 24.9 Å². The highest BCUT2D eigenvalue weighted by Gasteiger charge is 2.21. The molecule has 5 nitrogen and oxygen atoms in total. The van der Waals surface area contributed by atoms with Crippen LogP contribution in [0, 0.1) is 5.92 Å². The molecule has 0 bridgehead atoms. The molecule has 1 aliphatic rings. The van der Waals surface area contributed by atoms with Crippen LogP contribution in [0.5, 0.6) is 0 Å². The number of nitrogens with zero attached hydrogens (tertiary/aromatic N) is 3. The van der Waals surface area contributed by atoms with Gasteiger partial charge in [-0.05, 0) is 55.4 Å². The number of hydrogen-bond acceptors (Lipinski definition) is 6. The summed E-state index contributed by atoms with van der Waals surface area (Å²) in [7, 11) is 0. The van der Waals surface area contributed by atoms with Crippen molar-refractivity contribution >= 4 is 35.1 Å². The van der Waals surface area contributed by atoms with Crippen molar-refractivity contribution in [2.24, 2.45) is 5.92 Å². The van der Waals surface area contributed by atoms with E-state index in [1.165, 1.54) is 5.56 Å². The fraction of sp³-hybridized carbons (Fsp3) is 0.346. The summed E-state index contributed by atoms with van der Waals surface area (Å²) in [6.07, 6.45) is 3.42. The summed E-state index contributed by atoms with van der Waals surface area (Å²) in [5.41, 5.74) is 3.05. The van der Waals surface area contributed by atoms with Crippen LogP contribution in [0.25, 0.3) is 0 Å². The molecule has 33 heavy (non-hydrogen) atoms. The standard InChI is InChI=1S/C26H28ClN3O2S/c1-2-32-25(31)22-10-8-21(9-11-22)18-33-26-28-23(27)17-24(29-26)30-14-12-20(13-15-30)16-19-6-4-3-5-7-19/h3-11,17,20H,2,12-16,18H2,1H3. The van der Waals surface area contributed by atoms with E-state index in [0.29, 0.717) is 34.2 Å². The number of anilines is 1. The Labute approximate surface area is 204 Å². The van der Waals surface area contributed by atoms with E-state index in [1.807, 2.05) is 18.2 Å². The maximum Gasteiger partial charge on any atom is 0.338 e. The second kappa shape index (κ2) is 11.5. The van der Waals surface area contributed by atoms with Crippen molar-refractivity contribution in [1.29, 1.82) is 0 Å². The highest BCUT2D eigenvalue weighted by atomic mass is 35.5. The number of thioether (sulfide) groups is 1. The second-order valence-electron chi connectivity index (χ2n) is 8.16. The minimum Gasteiger partial charge on any atom is -0.462 e. The maximum absolute atomic E-state index is 11.8. The van der Waals surface area contributed by atoms with Crippen LogP contribution in [0.15, 0.2) is 65.8 Å². The quantitative estimate of drug-likeness (QED) is 0.169. The predicted molar refractivity (Wildman–Crippen MR) is 134 cm³/mol. The van der Waals surface area contributed by atoms with Crippen LogP contribution in [0.1, 0.15) is 41.3 Å². The number of esters is 1. The van der Waals surface area contributed by atoms with Crippen molar-refractivity contribution in [2.75, 3.05) is 24.6 Å². The molecule has 0 atom stereocenters. The molecule has 4 rings (SSSR count). The first kappa shape index (κ1) is 23.6. The fourth-order valence-corrected chi connectivity index (χ4v) is 5.06. The van der Waals surface area contributed by atoms with Crippen molar-refractivity contribution < 1.29 is 9.53 Å². The van der Waals surface area contributed by atoms with Crippen LogP contribution < -0.4 is 4.90 Å². The summed E-state index contributed by atoms with van der Waals surface area (Å²) in [6.45, 7) is 4.12. The fourth-order valence-electron chi connectivity index (χ4n) is 4.02. The molecule has 0 aliphatic carbocycles. The molecule has 172 valence electrons. The van der Waals surface area contributed by atoms with Crippen molar-refractivity contribution in [3.63, 3.8) is 0 Å². The summed E-state index contributed by atoms with van der Waals surface area (Å²) in [4.78, 5) is 23.3. The van der Waals surface area contributed by atoms with Crippen LogP contribution in [-0.2, 0) is 16.9 Å². The third-order valence-electron chi connectivity index (χ3n) is 5.80. The lowest BCUT2D eigenvalue weighted by atomic mass is 9.90. The molecule has 3 aromatic rings. The van der Waals surface area contributed by atoms with Crippen molar-refractivity contribution in [2.45, 2.75) is 37.1 Å². The molecule has 2 aromatic carbocycles. The van der Waals surface area contributed by atoms with E-state index in [2.05, 4.69) is 40.2 Å². The van der Waals surface area contributed by atoms with E-state index < -0.39 is 0 Å². The lowest BCUT2D eigenvalue weighted by Gasteiger charge is -2.33. The van der Waals surface area contributed by atoms with Crippen LogP contribution >= 0.6 is 23.4 Å². The molecule has 0 spiro atoms. The Hall–Kier alpha value is -2.57. The summed E-state index contributed by atoms with van der Waals surface area (Å²) in [6, 6.07) is 20.0. The number of benzene rings is 2. The summed E-state index contributed by atoms with van der Waals surface area (Å²) >= 11 is 7.87. The summed E-state index contributed by atoms with van der Waals surface area (Å²) in [5.74, 6) is 2.00. The minimum absolute atomic E-state index is 0.299. The van der Waals surface area contributed by atoms with Crippen LogP contribution in [0.4, 0.5) is 5.82 Å². The van der Waals surface area contributed by atoms with E-state index in [1.54, 1.807) is 30.8 Å². The van der Waals surface area contributed by atoms with Gasteiger partial charge >= 0.3 is 5.97 Å².